The lowest BCUT2D eigenvalue weighted by atomic mass is 10.1. The van der Waals surface area contributed by atoms with Crippen LogP contribution >= 0.6 is 11.6 Å². The molecule has 1 fully saturated rings. The van der Waals surface area contributed by atoms with Crippen molar-refractivity contribution < 1.29 is 4.79 Å². The van der Waals surface area contributed by atoms with E-state index >= 15 is 0 Å². The van der Waals surface area contributed by atoms with Gasteiger partial charge in [0.15, 0.2) is 5.82 Å². The van der Waals surface area contributed by atoms with Gasteiger partial charge in [0.2, 0.25) is 5.28 Å². The van der Waals surface area contributed by atoms with Gasteiger partial charge in [-0.25, -0.2) is 4.98 Å². The molecule has 1 aromatic carbocycles. The number of nitrogens with zero attached hydrogens (tertiary/aromatic N) is 5. The number of piperazine rings is 1. The van der Waals surface area contributed by atoms with Gasteiger partial charge in [-0.3, -0.25) is 4.79 Å². The second-order valence-electron chi connectivity index (χ2n) is 5.74. The molecule has 2 aromatic rings. The number of aromatic nitrogens is 2. The molecule has 23 heavy (non-hydrogen) atoms. The van der Waals surface area contributed by atoms with Gasteiger partial charge in [-0.1, -0.05) is 18.2 Å². The van der Waals surface area contributed by atoms with Crippen LogP contribution in [0.4, 0.5) is 17.2 Å². The van der Waals surface area contributed by atoms with Gasteiger partial charge < -0.3 is 14.7 Å². The molecule has 1 amide bonds. The van der Waals surface area contributed by atoms with Crippen LogP contribution in [0.3, 0.4) is 0 Å². The molecule has 2 aliphatic heterocycles. The second-order valence-corrected chi connectivity index (χ2v) is 6.07. The highest BCUT2D eigenvalue weighted by atomic mass is 35.5. The highest BCUT2D eigenvalue weighted by Crippen LogP contribution is 2.35. The van der Waals surface area contributed by atoms with Crippen molar-refractivity contribution in [2.45, 2.75) is 6.04 Å². The van der Waals surface area contributed by atoms with E-state index in [0.29, 0.717) is 12.2 Å². The molecule has 118 valence electrons. The monoisotopic (exact) mass is 329 g/mol. The van der Waals surface area contributed by atoms with E-state index in [4.69, 9.17) is 11.6 Å². The van der Waals surface area contributed by atoms with Crippen LogP contribution in [-0.4, -0.2) is 48.6 Å². The third-order valence-corrected chi connectivity index (χ3v) is 4.65. The number of benzene rings is 1. The van der Waals surface area contributed by atoms with Crippen LogP contribution in [0.25, 0.3) is 0 Å². The van der Waals surface area contributed by atoms with E-state index in [1.165, 1.54) is 0 Å². The van der Waals surface area contributed by atoms with E-state index in [2.05, 4.69) is 27.0 Å². The first-order valence-corrected chi connectivity index (χ1v) is 7.89. The van der Waals surface area contributed by atoms with Crippen molar-refractivity contribution >= 4 is 34.7 Å². The largest absolute Gasteiger partial charge is 0.367 e. The van der Waals surface area contributed by atoms with Gasteiger partial charge >= 0.3 is 0 Å². The molecule has 7 heteroatoms. The zero-order valence-corrected chi connectivity index (χ0v) is 13.4. The summed E-state index contributed by atoms with van der Waals surface area (Å²) in [5.74, 6) is 0.800. The fraction of sp³-hybridized carbons (Fsp3) is 0.312. The van der Waals surface area contributed by atoms with Crippen LogP contribution in [0.1, 0.15) is 0 Å². The number of para-hydroxylation sites is 1. The van der Waals surface area contributed by atoms with Crippen LogP contribution in [0.5, 0.6) is 0 Å². The molecule has 4 rings (SSSR count). The lowest BCUT2D eigenvalue weighted by molar-refractivity contribution is -0.119. The first-order valence-electron chi connectivity index (χ1n) is 7.52. The standard InChI is InChI=1S/C16H16ClN5O/c1-20-12-9-18-16(17)19-14(12)22-8-7-21(10-13(22)15(20)23)11-5-3-2-4-6-11/h2-6,9,13H,7-8,10H2,1H3/t13-/m1/s1. The van der Waals surface area contributed by atoms with Gasteiger partial charge in [-0.15, -0.1) is 0 Å². The molecule has 0 N–H and O–H groups in total. The van der Waals surface area contributed by atoms with Crippen LogP contribution in [0, 0.1) is 0 Å². The first-order chi connectivity index (χ1) is 11.1. The van der Waals surface area contributed by atoms with E-state index in [9.17, 15) is 4.79 Å². The number of carbonyl (C=O) groups is 1. The fourth-order valence-electron chi connectivity index (χ4n) is 3.26. The molecular weight excluding hydrogens is 314 g/mol. The van der Waals surface area contributed by atoms with E-state index in [0.717, 1.165) is 24.6 Å². The summed E-state index contributed by atoms with van der Waals surface area (Å²) in [4.78, 5) is 27.0. The topological polar surface area (TPSA) is 52.6 Å². The third kappa shape index (κ3) is 2.30. The smallest absolute Gasteiger partial charge is 0.251 e. The van der Waals surface area contributed by atoms with E-state index < -0.39 is 0 Å². The maximum atomic E-state index is 12.8. The van der Waals surface area contributed by atoms with Crippen LogP contribution in [-0.2, 0) is 4.79 Å². The Morgan fingerprint density at radius 3 is 2.78 bits per heavy atom. The van der Waals surface area contributed by atoms with Crippen LogP contribution < -0.4 is 14.7 Å². The van der Waals surface area contributed by atoms with Crippen molar-refractivity contribution in [2.75, 3.05) is 41.4 Å². The Hall–Kier alpha value is -2.34. The Morgan fingerprint density at radius 1 is 1.22 bits per heavy atom. The number of amides is 1. The molecule has 0 radical (unpaired) electrons. The summed E-state index contributed by atoms with van der Waals surface area (Å²) in [5, 5.41) is 0.204. The SMILES string of the molecule is CN1C(=O)[C@H]2CN(c3ccccc3)CCN2c2nc(Cl)ncc21. The minimum Gasteiger partial charge on any atom is -0.367 e. The maximum absolute atomic E-state index is 12.8. The quantitative estimate of drug-likeness (QED) is 0.747. The van der Waals surface area contributed by atoms with Crippen molar-refractivity contribution in [1.82, 2.24) is 9.97 Å². The lowest BCUT2D eigenvalue weighted by Crippen LogP contribution is -2.62. The normalized spacial score (nSPS) is 20.3. The number of rotatable bonds is 1. The van der Waals surface area contributed by atoms with Gasteiger partial charge in [0, 0.05) is 32.4 Å². The van der Waals surface area contributed by atoms with Crippen molar-refractivity contribution in [3.8, 4) is 0 Å². The minimum absolute atomic E-state index is 0.0593. The Kier molecular flexibility index (Phi) is 3.34. The second kappa shape index (κ2) is 5.38. The average molecular weight is 330 g/mol. The zero-order chi connectivity index (χ0) is 16.0. The van der Waals surface area contributed by atoms with Crippen LogP contribution in [0.2, 0.25) is 5.28 Å². The van der Waals surface area contributed by atoms with Crippen LogP contribution in [0.15, 0.2) is 36.5 Å². The summed E-state index contributed by atoms with van der Waals surface area (Å²) in [6.07, 6.45) is 1.61. The molecule has 1 saturated heterocycles. The highest BCUT2D eigenvalue weighted by molar-refractivity contribution is 6.28. The molecule has 2 aliphatic rings. The number of hydrogen-bond acceptors (Lipinski definition) is 5. The Bertz CT molecular complexity index is 753. The summed E-state index contributed by atoms with van der Waals surface area (Å²) in [6, 6.07) is 9.90. The molecular formula is C16H16ClN5O. The highest BCUT2D eigenvalue weighted by Gasteiger charge is 2.41. The maximum Gasteiger partial charge on any atom is 0.251 e. The van der Waals surface area contributed by atoms with E-state index in [1.807, 2.05) is 23.1 Å². The zero-order valence-electron chi connectivity index (χ0n) is 12.7. The van der Waals surface area contributed by atoms with Gasteiger partial charge in [0.05, 0.1) is 6.20 Å². The number of carbonyl (C=O) groups excluding carboxylic acids is 1. The lowest BCUT2D eigenvalue weighted by Gasteiger charge is -2.46. The molecule has 0 aliphatic carbocycles. The Balaban J connectivity index is 1.69. The average Bonchev–Trinajstić information content (AvgIpc) is 2.60. The molecule has 0 unspecified atom stereocenters. The third-order valence-electron chi connectivity index (χ3n) is 4.47. The predicted octanol–water partition coefficient (Wildman–Crippen LogP) is 1.80. The molecule has 0 bridgehead atoms. The number of anilines is 3. The number of fused-ring (bicyclic) bond motifs is 3. The van der Waals surface area contributed by atoms with E-state index in [-0.39, 0.29) is 17.2 Å². The summed E-state index contributed by atoms with van der Waals surface area (Å²) in [5.41, 5.74) is 1.85. The Labute approximate surface area is 139 Å². The molecule has 1 atom stereocenters. The van der Waals surface area contributed by atoms with Gasteiger partial charge in [0.1, 0.15) is 11.7 Å². The first kappa shape index (κ1) is 14.3. The molecule has 0 saturated carbocycles. The molecule has 3 heterocycles. The van der Waals surface area contributed by atoms with Crippen molar-refractivity contribution in [3.05, 3.63) is 41.8 Å². The van der Waals surface area contributed by atoms with Crippen molar-refractivity contribution in [3.63, 3.8) is 0 Å². The summed E-state index contributed by atoms with van der Waals surface area (Å²) < 4.78 is 0. The number of halogens is 1. The molecule has 1 aromatic heterocycles. The summed E-state index contributed by atoms with van der Waals surface area (Å²) in [7, 11) is 1.76. The minimum atomic E-state index is -0.257. The fourth-order valence-corrected chi connectivity index (χ4v) is 3.39. The Morgan fingerprint density at radius 2 is 2.00 bits per heavy atom. The van der Waals surface area contributed by atoms with E-state index in [1.54, 1.807) is 18.1 Å². The number of likely N-dealkylation sites (N-methyl/N-ethyl adjacent to an activating group) is 1. The van der Waals surface area contributed by atoms with Crippen molar-refractivity contribution in [1.29, 1.82) is 0 Å². The molecule has 0 spiro atoms. The van der Waals surface area contributed by atoms with Crippen molar-refractivity contribution in [2.24, 2.45) is 0 Å². The van der Waals surface area contributed by atoms with Gasteiger partial charge in [-0.05, 0) is 23.7 Å². The number of hydrogen-bond donors (Lipinski definition) is 0. The predicted molar refractivity (Wildman–Crippen MR) is 90.2 cm³/mol. The summed E-state index contributed by atoms with van der Waals surface area (Å²) >= 11 is 5.95. The van der Waals surface area contributed by atoms with Gasteiger partial charge in [0.25, 0.3) is 5.91 Å². The van der Waals surface area contributed by atoms with Gasteiger partial charge in [-0.2, -0.15) is 4.98 Å². The molecule has 6 nitrogen and oxygen atoms in total. The summed E-state index contributed by atoms with van der Waals surface area (Å²) in [6.45, 7) is 2.19.